The van der Waals surface area contributed by atoms with Gasteiger partial charge in [-0.3, -0.25) is 0 Å². The summed E-state index contributed by atoms with van der Waals surface area (Å²) in [4.78, 5) is 0. The Kier molecular flexibility index (Phi) is 3.63. The Morgan fingerprint density at radius 3 is 2.36 bits per heavy atom. The van der Waals surface area contributed by atoms with Crippen LogP contribution in [0, 0.1) is 11.3 Å². The molecule has 0 bridgehead atoms. The lowest BCUT2D eigenvalue weighted by Gasteiger charge is -2.46. The van der Waals surface area contributed by atoms with Crippen LogP contribution < -0.4 is 5.32 Å². The Morgan fingerprint density at radius 1 is 1.21 bits per heavy atom. The molecule has 2 atom stereocenters. The minimum atomic E-state index is 0.386. The molecule has 0 aromatic heterocycles. The fraction of sp³-hybridized carbons (Fsp3) is 1.00. The van der Waals surface area contributed by atoms with Gasteiger partial charge in [0.05, 0.1) is 0 Å². The van der Waals surface area contributed by atoms with E-state index in [1.165, 1.54) is 32.2 Å². The molecule has 2 unspecified atom stereocenters. The highest BCUT2D eigenvalue weighted by atomic mass is 15.0. The fourth-order valence-corrected chi connectivity index (χ4v) is 3.55. The normalized spacial score (nSPS) is 37.1. The van der Waals surface area contributed by atoms with Crippen molar-refractivity contribution >= 4 is 0 Å². The van der Waals surface area contributed by atoms with Gasteiger partial charge in [0, 0.05) is 5.54 Å². The van der Waals surface area contributed by atoms with Crippen LogP contribution in [0.3, 0.4) is 0 Å². The topological polar surface area (TPSA) is 12.0 Å². The quantitative estimate of drug-likeness (QED) is 0.729. The Bertz CT molecular complexity index is 186. The molecule has 0 aromatic rings. The summed E-state index contributed by atoms with van der Waals surface area (Å²) in [6, 6.07) is 0. The van der Waals surface area contributed by atoms with Gasteiger partial charge in [0.2, 0.25) is 0 Å². The standard InChI is InChI=1S/C13H27N/c1-6-7-14-13(5)9-11(2)8-12(3,4)10-13/h11,14H,6-10H2,1-5H3. The molecule has 0 amide bonds. The number of hydrogen-bond acceptors (Lipinski definition) is 1. The average molecular weight is 197 g/mol. The Balaban J connectivity index is 2.59. The van der Waals surface area contributed by atoms with Gasteiger partial charge in [0.15, 0.2) is 0 Å². The van der Waals surface area contributed by atoms with Gasteiger partial charge in [0.1, 0.15) is 0 Å². The van der Waals surface area contributed by atoms with Crippen LogP contribution in [0.5, 0.6) is 0 Å². The van der Waals surface area contributed by atoms with Crippen LogP contribution >= 0.6 is 0 Å². The molecule has 0 aliphatic heterocycles. The monoisotopic (exact) mass is 197 g/mol. The van der Waals surface area contributed by atoms with Crippen LogP contribution in [-0.4, -0.2) is 12.1 Å². The molecule has 0 heterocycles. The maximum atomic E-state index is 3.73. The summed E-state index contributed by atoms with van der Waals surface area (Å²) < 4.78 is 0. The van der Waals surface area contributed by atoms with Gasteiger partial charge < -0.3 is 5.32 Å². The lowest BCUT2D eigenvalue weighted by molar-refractivity contribution is 0.0934. The summed E-state index contributed by atoms with van der Waals surface area (Å²) in [5, 5.41) is 3.73. The first-order chi connectivity index (χ1) is 6.37. The van der Waals surface area contributed by atoms with Crippen LogP contribution in [0.15, 0.2) is 0 Å². The van der Waals surface area contributed by atoms with Crippen molar-refractivity contribution in [3.63, 3.8) is 0 Å². The van der Waals surface area contributed by atoms with Crippen LogP contribution in [0.25, 0.3) is 0 Å². The van der Waals surface area contributed by atoms with Crippen molar-refractivity contribution in [1.29, 1.82) is 0 Å². The second-order valence-corrected chi connectivity index (χ2v) is 6.34. The molecule has 1 N–H and O–H groups in total. The number of nitrogens with one attached hydrogen (secondary N) is 1. The molecule has 0 aromatic carbocycles. The SMILES string of the molecule is CCCNC1(C)CC(C)CC(C)(C)C1. The molecule has 1 rings (SSSR count). The molecule has 84 valence electrons. The molecule has 1 fully saturated rings. The largest absolute Gasteiger partial charge is 0.311 e. The fourth-order valence-electron chi connectivity index (χ4n) is 3.55. The minimum Gasteiger partial charge on any atom is -0.311 e. The predicted molar refractivity (Wildman–Crippen MR) is 63.5 cm³/mol. The lowest BCUT2D eigenvalue weighted by Crippen LogP contribution is -2.50. The highest BCUT2D eigenvalue weighted by Crippen LogP contribution is 2.43. The average Bonchev–Trinajstić information content (AvgIpc) is 1.96. The van der Waals surface area contributed by atoms with E-state index in [-0.39, 0.29) is 0 Å². The van der Waals surface area contributed by atoms with Crippen molar-refractivity contribution in [1.82, 2.24) is 5.32 Å². The highest BCUT2D eigenvalue weighted by Gasteiger charge is 2.38. The van der Waals surface area contributed by atoms with E-state index in [9.17, 15) is 0 Å². The van der Waals surface area contributed by atoms with E-state index < -0.39 is 0 Å². The maximum Gasteiger partial charge on any atom is 0.0160 e. The van der Waals surface area contributed by atoms with Crippen LogP contribution in [0.2, 0.25) is 0 Å². The van der Waals surface area contributed by atoms with E-state index in [4.69, 9.17) is 0 Å². The van der Waals surface area contributed by atoms with Crippen molar-refractivity contribution < 1.29 is 0 Å². The van der Waals surface area contributed by atoms with Crippen molar-refractivity contribution in [2.24, 2.45) is 11.3 Å². The number of hydrogen-bond donors (Lipinski definition) is 1. The molecule has 1 aliphatic rings. The molecule has 1 nitrogen and oxygen atoms in total. The lowest BCUT2D eigenvalue weighted by atomic mass is 9.65. The van der Waals surface area contributed by atoms with Crippen LogP contribution in [0.1, 0.15) is 60.3 Å². The molecule has 14 heavy (non-hydrogen) atoms. The maximum absolute atomic E-state index is 3.73. The van der Waals surface area contributed by atoms with Crippen molar-refractivity contribution in [3.05, 3.63) is 0 Å². The summed E-state index contributed by atoms with van der Waals surface area (Å²) >= 11 is 0. The van der Waals surface area contributed by atoms with Crippen LogP contribution in [0.4, 0.5) is 0 Å². The van der Waals surface area contributed by atoms with Gasteiger partial charge in [-0.25, -0.2) is 0 Å². The van der Waals surface area contributed by atoms with Crippen molar-refractivity contribution in [2.45, 2.75) is 65.8 Å². The Hall–Kier alpha value is -0.0400. The zero-order chi connectivity index (χ0) is 10.8. The zero-order valence-corrected chi connectivity index (χ0v) is 10.6. The molecule has 0 spiro atoms. The smallest absolute Gasteiger partial charge is 0.0160 e. The van der Waals surface area contributed by atoms with E-state index in [0.717, 1.165) is 5.92 Å². The summed E-state index contributed by atoms with van der Waals surface area (Å²) in [7, 11) is 0. The predicted octanol–water partition coefficient (Wildman–Crippen LogP) is 3.59. The van der Waals surface area contributed by atoms with Gasteiger partial charge in [-0.05, 0) is 50.5 Å². The molecule has 1 heteroatoms. The third kappa shape index (κ3) is 3.27. The molecule has 0 saturated heterocycles. The minimum absolute atomic E-state index is 0.386. The highest BCUT2D eigenvalue weighted by molar-refractivity contribution is 4.95. The van der Waals surface area contributed by atoms with E-state index in [1.54, 1.807) is 0 Å². The third-order valence-electron chi connectivity index (χ3n) is 3.37. The van der Waals surface area contributed by atoms with Crippen LogP contribution in [-0.2, 0) is 0 Å². The molecular weight excluding hydrogens is 170 g/mol. The third-order valence-corrected chi connectivity index (χ3v) is 3.37. The second-order valence-electron chi connectivity index (χ2n) is 6.34. The Labute approximate surface area is 89.7 Å². The first kappa shape index (κ1) is 12.0. The van der Waals surface area contributed by atoms with Crippen molar-refractivity contribution in [2.75, 3.05) is 6.54 Å². The first-order valence-corrected chi connectivity index (χ1v) is 6.12. The second kappa shape index (κ2) is 4.22. The summed E-state index contributed by atoms with van der Waals surface area (Å²) in [5.41, 5.74) is 0.907. The molecule has 1 aliphatic carbocycles. The van der Waals surface area contributed by atoms with Gasteiger partial charge in [-0.15, -0.1) is 0 Å². The first-order valence-electron chi connectivity index (χ1n) is 6.12. The number of rotatable bonds is 3. The van der Waals surface area contributed by atoms with Crippen molar-refractivity contribution in [3.8, 4) is 0 Å². The summed E-state index contributed by atoms with van der Waals surface area (Å²) in [6.45, 7) is 13.0. The van der Waals surface area contributed by atoms with E-state index in [1.807, 2.05) is 0 Å². The van der Waals surface area contributed by atoms with Gasteiger partial charge in [-0.2, -0.15) is 0 Å². The van der Waals surface area contributed by atoms with Gasteiger partial charge in [0.25, 0.3) is 0 Å². The van der Waals surface area contributed by atoms with E-state index in [2.05, 4.69) is 39.9 Å². The zero-order valence-electron chi connectivity index (χ0n) is 10.6. The van der Waals surface area contributed by atoms with Gasteiger partial charge in [-0.1, -0.05) is 27.7 Å². The summed E-state index contributed by atoms with van der Waals surface area (Å²) in [6.07, 6.45) is 5.29. The summed E-state index contributed by atoms with van der Waals surface area (Å²) in [5.74, 6) is 0.869. The molecular formula is C13H27N. The molecule has 0 radical (unpaired) electrons. The van der Waals surface area contributed by atoms with Gasteiger partial charge >= 0.3 is 0 Å². The Morgan fingerprint density at radius 2 is 1.86 bits per heavy atom. The van der Waals surface area contributed by atoms with E-state index >= 15 is 0 Å². The van der Waals surface area contributed by atoms with E-state index in [0.29, 0.717) is 11.0 Å². The molecule has 1 saturated carbocycles.